The van der Waals surface area contributed by atoms with Crippen molar-refractivity contribution in [2.24, 2.45) is 5.92 Å². The van der Waals surface area contributed by atoms with Gasteiger partial charge >= 0.3 is 5.97 Å². The lowest BCUT2D eigenvalue weighted by Crippen LogP contribution is -2.49. The lowest BCUT2D eigenvalue weighted by atomic mass is 9.75. The third kappa shape index (κ3) is 1.85. The van der Waals surface area contributed by atoms with Gasteiger partial charge in [-0.2, -0.15) is 0 Å². The number of carboxylic acids is 1. The van der Waals surface area contributed by atoms with E-state index in [-0.39, 0.29) is 6.42 Å². The number of rotatable bonds is 3. The Morgan fingerprint density at radius 3 is 2.60 bits per heavy atom. The van der Waals surface area contributed by atoms with Crippen molar-refractivity contribution in [1.29, 1.82) is 0 Å². The molecule has 0 heterocycles. The molecule has 0 aromatic carbocycles. The van der Waals surface area contributed by atoms with Crippen LogP contribution < -0.4 is 0 Å². The fourth-order valence-corrected chi connectivity index (χ4v) is 1.81. The van der Waals surface area contributed by atoms with Crippen LogP contribution in [-0.4, -0.2) is 27.6 Å². The van der Waals surface area contributed by atoms with Gasteiger partial charge in [0.2, 0.25) is 0 Å². The molecule has 0 aromatic heterocycles. The predicted molar refractivity (Wildman–Crippen MR) is 54.3 cm³/mol. The minimum Gasteiger partial charge on any atom is -0.481 e. The molecule has 2 unspecified atom stereocenters. The van der Waals surface area contributed by atoms with Gasteiger partial charge in [0.05, 0.1) is 0 Å². The summed E-state index contributed by atoms with van der Waals surface area (Å²) in [6.07, 6.45) is 4.47. The average molecular weight is 210 g/mol. The molecular weight excluding hydrogens is 196 g/mol. The number of carbonyl (C=O) groups is 2. The Morgan fingerprint density at radius 2 is 2.13 bits per heavy atom. The molecule has 1 aliphatic carbocycles. The molecule has 0 fully saturated rings. The maximum atomic E-state index is 11.6. The second-order valence-corrected chi connectivity index (χ2v) is 3.64. The quantitative estimate of drug-likeness (QED) is 0.726. The van der Waals surface area contributed by atoms with Crippen LogP contribution in [0.2, 0.25) is 0 Å². The largest absolute Gasteiger partial charge is 0.481 e. The zero-order valence-corrected chi connectivity index (χ0v) is 8.73. The SMILES string of the molecule is CCC(=O)C1(O)C=CC=C(C)C1C(=O)O. The zero-order valence-electron chi connectivity index (χ0n) is 8.73. The van der Waals surface area contributed by atoms with Gasteiger partial charge in [-0.3, -0.25) is 9.59 Å². The molecule has 4 nitrogen and oxygen atoms in total. The van der Waals surface area contributed by atoms with Crippen molar-refractivity contribution < 1.29 is 19.8 Å². The van der Waals surface area contributed by atoms with Crippen molar-refractivity contribution in [3.8, 4) is 0 Å². The summed E-state index contributed by atoms with van der Waals surface area (Å²) in [5.41, 5.74) is -1.41. The highest BCUT2D eigenvalue weighted by Gasteiger charge is 2.46. The first-order valence-electron chi connectivity index (χ1n) is 4.78. The summed E-state index contributed by atoms with van der Waals surface area (Å²) >= 11 is 0. The summed E-state index contributed by atoms with van der Waals surface area (Å²) in [6.45, 7) is 3.19. The van der Waals surface area contributed by atoms with Crippen molar-refractivity contribution in [3.63, 3.8) is 0 Å². The van der Waals surface area contributed by atoms with Crippen LogP contribution in [0.1, 0.15) is 20.3 Å². The van der Waals surface area contributed by atoms with Gasteiger partial charge in [-0.25, -0.2) is 0 Å². The number of carboxylic acid groups (broad SMARTS) is 1. The standard InChI is InChI=1S/C11H14O4/c1-3-8(12)11(15)6-4-5-7(2)9(11)10(13)14/h4-6,9,15H,3H2,1-2H3,(H,13,14). The van der Waals surface area contributed by atoms with Gasteiger partial charge in [-0.1, -0.05) is 24.6 Å². The van der Waals surface area contributed by atoms with Gasteiger partial charge in [0, 0.05) is 6.42 Å². The molecule has 1 rings (SSSR count). The Bertz CT molecular complexity index is 354. The molecule has 0 aliphatic heterocycles. The number of hydrogen-bond donors (Lipinski definition) is 2. The topological polar surface area (TPSA) is 74.6 Å². The summed E-state index contributed by atoms with van der Waals surface area (Å²) in [4.78, 5) is 22.6. The monoisotopic (exact) mass is 210 g/mol. The van der Waals surface area contributed by atoms with Gasteiger partial charge < -0.3 is 10.2 Å². The number of hydrogen-bond acceptors (Lipinski definition) is 3. The van der Waals surface area contributed by atoms with Crippen molar-refractivity contribution in [3.05, 3.63) is 23.8 Å². The van der Waals surface area contributed by atoms with E-state index < -0.39 is 23.3 Å². The molecule has 0 radical (unpaired) electrons. The van der Waals surface area contributed by atoms with Crippen LogP contribution in [0.3, 0.4) is 0 Å². The van der Waals surface area contributed by atoms with E-state index in [1.807, 2.05) is 0 Å². The smallest absolute Gasteiger partial charge is 0.314 e. The van der Waals surface area contributed by atoms with E-state index in [0.29, 0.717) is 5.57 Å². The fraction of sp³-hybridized carbons (Fsp3) is 0.455. The third-order valence-corrected chi connectivity index (χ3v) is 2.62. The fourth-order valence-electron chi connectivity index (χ4n) is 1.81. The van der Waals surface area contributed by atoms with E-state index in [1.54, 1.807) is 19.9 Å². The Hall–Kier alpha value is -1.42. The first-order chi connectivity index (χ1) is 6.93. The first kappa shape index (κ1) is 11.7. The van der Waals surface area contributed by atoms with Gasteiger partial charge in [0.25, 0.3) is 0 Å². The Labute approximate surface area is 87.9 Å². The minimum absolute atomic E-state index is 0.109. The number of aliphatic hydroxyl groups is 1. The van der Waals surface area contributed by atoms with Crippen LogP contribution >= 0.6 is 0 Å². The van der Waals surface area contributed by atoms with Crippen LogP contribution in [0.25, 0.3) is 0 Å². The summed E-state index contributed by atoms with van der Waals surface area (Å²) in [6, 6.07) is 0. The molecular formula is C11H14O4. The van der Waals surface area contributed by atoms with Crippen molar-refractivity contribution in [2.75, 3.05) is 0 Å². The maximum absolute atomic E-state index is 11.6. The van der Waals surface area contributed by atoms with E-state index in [4.69, 9.17) is 5.11 Å². The van der Waals surface area contributed by atoms with Gasteiger partial charge in [0.15, 0.2) is 11.4 Å². The summed E-state index contributed by atoms with van der Waals surface area (Å²) in [7, 11) is 0. The molecule has 82 valence electrons. The predicted octanol–water partition coefficient (Wildman–Crippen LogP) is 0.913. The first-order valence-corrected chi connectivity index (χ1v) is 4.78. The van der Waals surface area contributed by atoms with Crippen LogP contribution in [0, 0.1) is 5.92 Å². The van der Waals surface area contributed by atoms with E-state index in [9.17, 15) is 14.7 Å². The lowest BCUT2D eigenvalue weighted by Gasteiger charge is -2.32. The van der Waals surface area contributed by atoms with Crippen LogP contribution in [-0.2, 0) is 9.59 Å². The normalized spacial score (nSPS) is 29.8. The van der Waals surface area contributed by atoms with Crippen molar-refractivity contribution in [1.82, 2.24) is 0 Å². The van der Waals surface area contributed by atoms with Crippen molar-refractivity contribution in [2.45, 2.75) is 25.9 Å². The number of Topliss-reactive ketones (excluding diaryl/α,β-unsaturated/α-hetero) is 1. The third-order valence-electron chi connectivity index (χ3n) is 2.62. The highest BCUT2D eigenvalue weighted by atomic mass is 16.4. The van der Waals surface area contributed by atoms with Gasteiger partial charge in [0.1, 0.15) is 5.92 Å². The van der Waals surface area contributed by atoms with Crippen molar-refractivity contribution >= 4 is 11.8 Å². The second kappa shape index (κ2) is 3.98. The molecule has 1 aliphatic rings. The Morgan fingerprint density at radius 1 is 1.53 bits per heavy atom. The second-order valence-electron chi connectivity index (χ2n) is 3.64. The Balaban J connectivity index is 3.18. The molecule has 0 saturated heterocycles. The molecule has 15 heavy (non-hydrogen) atoms. The number of ketones is 1. The molecule has 4 heteroatoms. The van der Waals surface area contributed by atoms with Crippen LogP contribution in [0.15, 0.2) is 23.8 Å². The highest BCUT2D eigenvalue weighted by Crippen LogP contribution is 2.31. The molecule has 0 bridgehead atoms. The molecule has 2 atom stereocenters. The number of allylic oxidation sites excluding steroid dienone is 2. The lowest BCUT2D eigenvalue weighted by molar-refractivity contribution is -0.153. The zero-order chi connectivity index (χ0) is 11.6. The minimum atomic E-state index is -1.89. The molecule has 0 spiro atoms. The molecule has 0 amide bonds. The summed E-state index contributed by atoms with van der Waals surface area (Å²) < 4.78 is 0. The van der Waals surface area contributed by atoms with E-state index in [2.05, 4.69) is 0 Å². The highest BCUT2D eigenvalue weighted by molar-refractivity contribution is 5.95. The van der Waals surface area contributed by atoms with E-state index >= 15 is 0 Å². The molecule has 0 aromatic rings. The Kier molecular flexibility index (Phi) is 3.09. The number of carbonyl (C=O) groups excluding carboxylic acids is 1. The molecule has 2 N–H and O–H groups in total. The van der Waals surface area contributed by atoms with E-state index in [1.165, 1.54) is 12.2 Å². The van der Waals surface area contributed by atoms with E-state index in [0.717, 1.165) is 0 Å². The average Bonchev–Trinajstić information content (AvgIpc) is 2.15. The summed E-state index contributed by atoms with van der Waals surface area (Å²) in [5, 5.41) is 19.1. The maximum Gasteiger partial charge on any atom is 0.314 e. The number of aliphatic carboxylic acids is 1. The van der Waals surface area contributed by atoms with Crippen LogP contribution in [0.4, 0.5) is 0 Å². The molecule has 0 saturated carbocycles. The summed E-state index contributed by atoms with van der Waals surface area (Å²) in [5.74, 6) is -2.83. The van der Waals surface area contributed by atoms with Gasteiger partial charge in [-0.15, -0.1) is 0 Å². The van der Waals surface area contributed by atoms with Crippen LogP contribution in [0.5, 0.6) is 0 Å². The van der Waals surface area contributed by atoms with Gasteiger partial charge in [-0.05, 0) is 13.0 Å².